The molecule has 0 N–H and O–H groups in total. The van der Waals surface area contributed by atoms with Crippen molar-refractivity contribution in [2.75, 3.05) is 13.1 Å². The summed E-state index contributed by atoms with van der Waals surface area (Å²) in [6.07, 6.45) is 3.50. The van der Waals surface area contributed by atoms with Crippen LogP contribution in [0.15, 0.2) is 42.7 Å². The molecule has 0 radical (unpaired) electrons. The molecule has 0 amide bonds. The van der Waals surface area contributed by atoms with E-state index in [-0.39, 0.29) is 11.9 Å². The molecule has 1 aromatic heterocycles. The van der Waals surface area contributed by atoms with Crippen molar-refractivity contribution in [2.45, 2.75) is 18.3 Å². The van der Waals surface area contributed by atoms with Crippen LogP contribution in [0.4, 0.5) is 0 Å². The minimum absolute atomic E-state index is 0.0487. The van der Waals surface area contributed by atoms with Crippen LogP contribution in [0.1, 0.15) is 12.0 Å². The van der Waals surface area contributed by atoms with Gasteiger partial charge in [0.2, 0.25) is 10.0 Å². The topological polar surface area (TPSA) is 59.5 Å². The van der Waals surface area contributed by atoms with Gasteiger partial charge in [0.15, 0.2) is 0 Å². The van der Waals surface area contributed by atoms with Gasteiger partial charge < -0.3 is 4.74 Å². The van der Waals surface area contributed by atoms with Crippen molar-refractivity contribution in [1.29, 1.82) is 0 Å². The van der Waals surface area contributed by atoms with Gasteiger partial charge in [-0.3, -0.25) is 4.98 Å². The first-order valence-corrected chi connectivity index (χ1v) is 9.79. The normalized spacial score (nSPS) is 18.7. The summed E-state index contributed by atoms with van der Waals surface area (Å²) < 4.78 is 32.4. The number of hydrogen-bond acceptors (Lipinski definition) is 4. The second-order valence-corrected chi connectivity index (χ2v) is 8.39. The number of halogens is 2. The third-order valence-corrected chi connectivity index (χ3v) is 6.14. The van der Waals surface area contributed by atoms with Crippen molar-refractivity contribution in [1.82, 2.24) is 9.29 Å². The number of aromatic nitrogens is 1. The van der Waals surface area contributed by atoms with Crippen LogP contribution in [-0.4, -0.2) is 36.9 Å². The zero-order valence-corrected chi connectivity index (χ0v) is 15.1. The van der Waals surface area contributed by atoms with Crippen LogP contribution in [0.3, 0.4) is 0 Å². The summed E-state index contributed by atoms with van der Waals surface area (Å²) in [7, 11) is -3.40. The second-order valence-electron chi connectivity index (χ2n) is 5.58. The molecule has 0 unspecified atom stereocenters. The molecule has 0 bridgehead atoms. The largest absolute Gasteiger partial charge is 0.487 e. The van der Waals surface area contributed by atoms with E-state index in [4.69, 9.17) is 27.9 Å². The standard InChI is InChI=1S/C16H16Cl2N2O3S/c17-13-3-1-12(2-4-13)11-24(21,22)20-8-6-14(10-20)23-16-5-7-19-9-15(16)18/h1-5,7,9,14H,6,8,10-11H2/t14-/m1/s1. The van der Waals surface area contributed by atoms with Crippen LogP contribution >= 0.6 is 23.2 Å². The molecule has 8 heteroatoms. The van der Waals surface area contributed by atoms with Gasteiger partial charge in [-0.05, 0) is 24.1 Å². The Hall–Kier alpha value is -1.34. The Morgan fingerprint density at radius 1 is 1.21 bits per heavy atom. The molecule has 1 atom stereocenters. The van der Waals surface area contributed by atoms with Crippen molar-refractivity contribution < 1.29 is 13.2 Å². The summed E-state index contributed by atoms with van der Waals surface area (Å²) in [6.45, 7) is 0.748. The molecule has 1 aliphatic heterocycles. The quantitative estimate of drug-likeness (QED) is 0.790. The molecule has 24 heavy (non-hydrogen) atoms. The van der Waals surface area contributed by atoms with E-state index in [1.165, 1.54) is 10.5 Å². The first-order chi connectivity index (χ1) is 11.4. The molecular formula is C16H16Cl2N2O3S. The van der Waals surface area contributed by atoms with Gasteiger partial charge in [0.1, 0.15) is 16.9 Å². The Bertz CT molecular complexity index is 812. The number of ether oxygens (including phenoxy) is 1. The van der Waals surface area contributed by atoms with Crippen molar-refractivity contribution in [3.63, 3.8) is 0 Å². The van der Waals surface area contributed by atoms with Crippen LogP contribution in [0, 0.1) is 0 Å². The van der Waals surface area contributed by atoms with E-state index in [0.29, 0.717) is 40.9 Å². The average Bonchev–Trinajstić information content (AvgIpc) is 3.01. The molecule has 2 heterocycles. The number of hydrogen-bond donors (Lipinski definition) is 0. The maximum absolute atomic E-state index is 12.6. The Labute approximate surface area is 151 Å². The lowest BCUT2D eigenvalue weighted by atomic mass is 10.2. The third kappa shape index (κ3) is 4.19. The van der Waals surface area contributed by atoms with Crippen molar-refractivity contribution in [2.24, 2.45) is 0 Å². The van der Waals surface area contributed by atoms with Gasteiger partial charge in [-0.25, -0.2) is 8.42 Å². The van der Waals surface area contributed by atoms with E-state index < -0.39 is 10.0 Å². The predicted octanol–water partition coefficient (Wildman–Crippen LogP) is 3.37. The second kappa shape index (κ2) is 7.27. The Balaban J connectivity index is 1.64. The number of sulfonamides is 1. The fourth-order valence-corrected chi connectivity index (χ4v) is 4.43. The molecule has 3 rings (SSSR count). The molecular weight excluding hydrogens is 371 g/mol. The van der Waals surface area contributed by atoms with Gasteiger partial charge in [-0.15, -0.1) is 0 Å². The van der Waals surface area contributed by atoms with Gasteiger partial charge in [-0.2, -0.15) is 4.31 Å². The van der Waals surface area contributed by atoms with Gasteiger partial charge in [0.25, 0.3) is 0 Å². The molecule has 128 valence electrons. The van der Waals surface area contributed by atoms with Gasteiger partial charge in [-0.1, -0.05) is 35.3 Å². The van der Waals surface area contributed by atoms with E-state index in [2.05, 4.69) is 4.98 Å². The Morgan fingerprint density at radius 2 is 1.96 bits per heavy atom. The summed E-state index contributed by atoms with van der Waals surface area (Å²) in [5.41, 5.74) is 0.709. The fraction of sp³-hybridized carbons (Fsp3) is 0.312. The van der Waals surface area contributed by atoms with Crippen molar-refractivity contribution in [3.05, 3.63) is 58.3 Å². The van der Waals surface area contributed by atoms with E-state index in [0.717, 1.165) is 0 Å². The Kier molecular flexibility index (Phi) is 5.30. The molecule has 0 spiro atoms. The van der Waals surface area contributed by atoms with Gasteiger partial charge in [0, 0.05) is 30.0 Å². The number of rotatable bonds is 5. The summed E-state index contributed by atoms with van der Waals surface area (Å²) in [4.78, 5) is 3.90. The first-order valence-electron chi connectivity index (χ1n) is 7.42. The van der Waals surface area contributed by atoms with Crippen LogP contribution in [0.25, 0.3) is 0 Å². The highest BCUT2D eigenvalue weighted by Crippen LogP contribution is 2.27. The highest BCUT2D eigenvalue weighted by molar-refractivity contribution is 7.88. The fourth-order valence-electron chi connectivity index (χ4n) is 2.57. The molecule has 0 saturated carbocycles. The maximum Gasteiger partial charge on any atom is 0.218 e. The first kappa shape index (κ1) is 17.5. The summed E-state index contributed by atoms with van der Waals surface area (Å²) >= 11 is 11.8. The Morgan fingerprint density at radius 3 is 2.67 bits per heavy atom. The van der Waals surface area contributed by atoms with E-state index >= 15 is 0 Å². The smallest absolute Gasteiger partial charge is 0.218 e. The van der Waals surface area contributed by atoms with Gasteiger partial charge >= 0.3 is 0 Å². The summed E-state index contributed by atoms with van der Waals surface area (Å²) in [5, 5.41) is 1.000. The lowest BCUT2D eigenvalue weighted by molar-refractivity contribution is 0.215. The van der Waals surface area contributed by atoms with E-state index in [1.54, 1.807) is 36.5 Å². The number of nitrogens with zero attached hydrogens (tertiary/aromatic N) is 2. The average molecular weight is 387 g/mol. The van der Waals surface area contributed by atoms with E-state index in [9.17, 15) is 8.42 Å². The summed E-state index contributed by atoms with van der Waals surface area (Å²) in [6, 6.07) is 8.50. The predicted molar refractivity (Wildman–Crippen MR) is 93.9 cm³/mol. The SMILES string of the molecule is O=S(=O)(Cc1ccc(Cl)cc1)N1CC[C@@H](Oc2ccncc2Cl)C1. The zero-order chi connectivity index (χ0) is 17.2. The monoisotopic (exact) mass is 386 g/mol. The minimum atomic E-state index is -3.40. The van der Waals surface area contributed by atoms with Gasteiger partial charge in [0.05, 0.1) is 12.3 Å². The lowest BCUT2D eigenvalue weighted by Gasteiger charge is -2.17. The van der Waals surface area contributed by atoms with Crippen LogP contribution < -0.4 is 4.74 Å². The third-order valence-electron chi connectivity index (χ3n) is 3.79. The highest BCUT2D eigenvalue weighted by atomic mass is 35.5. The molecule has 1 fully saturated rings. The minimum Gasteiger partial charge on any atom is -0.487 e. The molecule has 1 aromatic carbocycles. The zero-order valence-electron chi connectivity index (χ0n) is 12.7. The molecule has 2 aromatic rings. The van der Waals surface area contributed by atoms with E-state index in [1.807, 2.05) is 0 Å². The summed E-state index contributed by atoms with van der Waals surface area (Å²) in [5.74, 6) is 0.473. The molecule has 1 saturated heterocycles. The van der Waals surface area contributed by atoms with Crippen LogP contribution in [-0.2, 0) is 15.8 Å². The number of pyridine rings is 1. The lowest BCUT2D eigenvalue weighted by Crippen LogP contribution is -2.32. The van der Waals surface area contributed by atoms with Crippen molar-refractivity contribution >= 4 is 33.2 Å². The van der Waals surface area contributed by atoms with Crippen LogP contribution in [0.2, 0.25) is 10.0 Å². The molecule has 1 aliphatic rings. The number of benzene rings is 1. The maximum atomic E-state index is 12.6. The van der Waals surface area contributed by atoms with Crippen molar-refractivity contribution in [3.8, 4) is 5.75 Å². The molecule has 0 aliphatic carbocycles. The van der Waals surface area contributed by atoms with Crippen LogP contribution in [0.5, 0.6) is 5.75 Å². The molecule has 5 nitrogen and oxygen atoms in total. The highest BCUT2D eigenvalue weighted by Gasteiger charge is 2.32.